The van der Waals surface area contributed by atoms with E-state index in [0.29, 0.717) is 12.3 Å². The lowest BCUT2D eigenvalue weighted by molar-refractivity contribution is -0.123. The number of aliphatic hydroxyl groups excluding tert-OH is 1. The highest BCUT2D eigenvalue weighted by Gasteiger charge is 2.18. The number of fused-ring (bicyclic) bond motifs is 1. The van der Waals surface area contributed by atoms with Gasteiger partial charge in [0.05, 0.1) is 13.2 Å². The Bertz CT molecular complexity index is 748. The lowest BCUT2D eigenvalue weighted by Crippen LogP contribution is -2.42. The Hall–Kier alpha value is -2.57. The van der Waals surface area contributed by atoms with Gasteiger partial charge in [-0.3, -0.25) is 9.69 Å². The summed E-state index contributed by atoms with van der Waals surface area (Å²) >= 11 is 0. The summed E-state index contributed by atoms with van der Waals surface area (Å²) in [6, 6.07) is 15.4. The van der Waals surface area contributed by atoms with Crippen LogP contribution in [0.3, 0.4) is 0 Å². The highest BCUT2D eigenvalue weighted by atomic mass is 16.5. The fourth-order valence-electron chi connectivity index (χ4n) is 3.18. The van der Waals surface area contributed by atoms with E-state index in [1.807, 2.05) is 6.07 Å². The van der Waals surface area contributed by atoms with Crippen LogP contribution in [0.25, 0.3) is 0 Å². The van der Waals surface area contributed by atoms with Gasteiger partial charge in [-0.2, -0.15) is 0 Å². The third-order valence-electron chi connectivity index (χ3n) is 4.64. The van der Waals surface area contributed by atoms with Crippen molar-refractivity contribution in [1.82, 2.24) is 10.2 Å². The topological polar surface area (TPSA) is 71.0 Å². The summed E-state index contributed by atoms with van der Waals surface area (Å²) in [5, 5.41) is 12.9. The van der Waals surface area contributed by atoms with E-state index < -0.39 is 6.10 Å². The minimum Gasteiger partial charge on any atom is -0.497 e. The van der Waals surface area contributed by atoms with Gasteiger partial charge in [0, 0.05) is 26.2 Å². The molecule has 0 aliphatic carbocycles. The number of rotatable bonds is 8. The van der Waals surface area contributed by atoms with E-state index in [-0.39, 0.29) is 19.1 Å². The number of carbonyl (C=O) groups is 1. The zero-order valence-electron chi connectivity index (χ0n) is 15.6. The second kappa shape index (κ2) is 9.39. The Morgan fingerprint density at radius 1 is 1.15 bits per heavy atom. The predicted molar refractivity (Wildman–Crippen MR) is 103 cm³/mol. The first-order valence-corrected chi connectivity index (χ1v) is 9.15. The molecule has 6 nitrogen and oxygen atoms in total. The van der Waals surface area contributed by atoms with Gasteiger partial charge in [0.1, 0.15) is 11.5 Å². The molecule has 1 aliphatic rings. The number of aliphatic hydroxyl groups is 1. The maximum absolute atomic E-state index is 11.9. The summed E-state index contributed by atoms with van der Waals surface area (Å²) < 4.78 is 10.5. The van der Waals surface area contributed by atoms with Crippen LogP contribution in [-0.4, -0.2) is 55.4 Å². The first-order chi connectivity index (χ1) is 13.1. The van der Waals surface area contributed by atoms with E-state index >= 15 is 0 Å². The van der Waals surface area contributed by atoms with Gasteiger partial charge in [0.15, 0.2) is 6.61 Å². The summed E-state index contributed by atoms with van der Waals surface area (Å²) in [5.41, 5.74) is 2.69. The molecule has 1 heterocycles. The van der Waals surface area contributed by atoms with Crippen LogP contribution in [0.2, 0.25) is 0 Å². The number of hydrogen-bond acceptors (Lipinski definition) is 5. The summed E-state index contributed by atoms with van der Waals surface area (Å²) in [4.78, 5) is 14.1. The van der Waals surface area contributed by atoms with Crippen molar-refractivity contribution in [1.29, 1.82) is 0 Å². The Kier molecular flexibility index (Phi) is 6.68. The van der Waals surface area contributed by atoms with Crippen LogP contribution in [0.15, 0.2) is 48.5 Å². The molecule has 0 spiro atoms. The molecular weight excluding hydrogens is 344 g/mol. The number of nitrogens with zero attached hydrogens (tertiary/aromatic N) is 1. The lowest BCUT2D eigenvalue weighted by Gasteiger charge is -2.30. The van der Waals surface area contributed by atoms with Gasteiger partial charge in [-0.25, -0.2) is 0 Å². The first-order valence-electron chi connectivity index (χ1n) is 9.15. The van der Waals surface area contributed by atoms with E-state index in [9.17, 15) is 9.90 Å². The van der Waals surface area contributed by atoms with Crippen LogP contribution in [-0.2, 0) is 17.8 Å². The third kappa shape index (κ3) is 5.70. The van der Waals surface area contributed by atoms with E-state index in [4.69, 9.17) is 9.47 Å². The zero-order valence-corrected chi connectivity index (χ0v) is 15.6. The SMILES string of the molecule is COc1ccc(OCC(=O)NCC(O)CN2CCc3ccccc3C2)cc1. The molecule has 1 unspecified atom stereocenters. The number of nitrogens with one attached hydrogen (secondary N) is 1. The standard InChI is InChI=1S/C21H26N2O4/c1-26-19-6-8-20(9-7-19)27-15-21(25)22-12-18(24)14-23-11-10-16-4-2-3-5-17(16)13-23/h2-9,18,24H,10-15H2,1H3,(H,22,25). The van der Waals surface area contributed by atoms with Crippen LogP contribution >= 0.6 is 0 Å². The van der Waals surface area contributed by atoms with Crippen LogP contribution < -0.4 is 14.8 Å². The van der Waals surface area contributed by atoms with Crippen molar-refractivity contribution >= 4 is 5.91 Å². The molecule has 2 N–H and O–H groups in total. The number of hydrogen-bond donors (Lipinski definition) is 2. The van der Waals surface area contributed by atoms with Crippen molar-refractivity contribution < 1.29 is 19.4 Å². The highest BCUT2D eigenvalue weighted by Crippen LogP contribution is 2.18. The maximum Gasteiger partial charge on any atom is 0.258 e. The quantitative estimate of drug-likeness (QED) is 0.739. The van der Waals surface area contributed by atoms with Gasteiger partial charge < -0.3 is 19.9 Å². The van der Waals surface area contributed by atoms with Gasteiger partial charge in [0.25, 0.3) is 5.91 Å². The number of amides is 1. The summed E-state index contributed by atoms with van der Waals surface area (Å²) in [6.45, 7) is 2.41. The second-order valence-electron chi connectivity index (χ2n) is 6.68. The summed E-state index contributed by atoms with van der Waals surface area (Å²) in [5.74, 6) is 1.07. The molecule has 0 aromatic heterocycles. The molecule has 1 atom stereocenters. The van der Waals surface area contributed by atoms with Crippen LogP contribution in [0.4, 0.5) is 0 Å². The molecule has 0 saturated heterocycles. The molecule has 3 rings (SSSR count). The van der Waals surface area contributed by atoms with E-state index in [1.165, 1.54) is 11.1 Å². The predicted octanol–water partition coefficient (Wildman–Crippen LogP) is 1.61. The number of benzene rings is 2. The van der Waals surface area contributed by atoms with Gasteiger partial charge in [-0.1, -0.05) is 24.3 Å². The molecule has 6 heteroatoms. The molecule has 144 valence electrons. The largest absolute Gasteiger partial charge is 0.497 e. The van der Waals surface area contributed by atoms with Crippen molar-refractivity contribution in [3.8, 4) is 11.5 Å². The summed E-state index contributed by atoms with van der Waals surface area (Å²) in [7, 11) is 1.59. The number of methoxy groups -OCH3 is 1. The molecule has 0 radical (unpaired) electrons. The Labute approximate surface area is 159 Å². The van der Waals surface area contributed by atoms with Gasteiger partial charge in [-0.15, -0.1) is 0 Å². The average Bonchev–Trinajstić information content (AvgIpc) is 2.71. The van der Waals surface area contributed by atoms with Crippen LogP contribution in [0.1, 0.15) is 11.1 Å². The molecular formula is C21H26N2O4. The highest BCUT2D eigenvalue weighted by molar-refractivity contribution is 5.77. The van der Waals surface area contributed by atoms with E-state index in [2.05, 4.69) is 28.4 Å². The van der Waals surface area contributed by atoms with E-state index in [0.717, 1.165) is 25.3 Å². The molecule has 27 heavy (non-hydrogen) atoms. The van der Waals surface area contributed by atoms with Gasteiger partial charge in [0.2, 0.25) is 0 Å². The van der Waals surface area contributed by atoms with Crippen LogP contribution in [0.5, 0.6) is 11.5 Å². The summed E-state index contributed by atoms with van der Waals surface area (Å²) in [6.07, 6.45) is 0.380. The van der Waals surface area contributed by atoms with Gasteiger partial charge in [-0.05, 0) is 41.8 Å². The second-order valence-corrected chi connectivity index (χ2v) is 6.68. The normalized spacial score (nSPS) is 14.9. The Morgan fingerprint density at radius 2 is 1.85 bits per heavy atom. The number of ether oxygens (including phenoxy) is 2. The fraction of sp³-hybridized carbons (Fsp3) is 0.381. The van der Waals surface area contributed by atoms with Crippen molar-refractivity contribution in [3.63, 3.8) is 0 Å². The maximum atomic E-state index is 11.9. The minimum absolute atomic E-state index is 0.0872. The van der Waals surface area contributed by atoms with Crippen molar-refractivity contribution in [3.05, 3.63) is 59.7 Å². The molecule has 0 saturated carbocycles. The van der Waals surface area contributed by atoms with Crippen LogP contribution in [0, 0.1) is 0 Å². The minimum atomic E-state index is -0.611. The van der Waals surface area contributed by atoms with Crippen molar-refractivity contribution in [2.75, 3.05) is 33.4 Å². The lowest BCUT2D eigenvalue weighted by atomic mass is 10.00. The third-order valence-corrected chi connectivity index (χ3v) is 4.64. The molecule has 2 aromatic rings. The number of carbonyl (C=O) groups excluding carboxylic acids is 1. The fourth-order valence-corrected chi connectivity index (χ4v) is 3.18. The zero-order chi connectivity index (χ0) is 19.1. The Balaban J connectivity index is 1.36. The molecule has 1 amide bonds. The van der Waals surface area contributed by atoms with Crippen molar-refractivity contribution in [2.45, 2.75) is 19.1 Å². The average molecular weight is 370 g/mol. The number of β-amino-alcohol motifs (C(OH)–C–C–N with tert-alkyl or cyclic N) is 1. The van der Waals surface area contributed by atoms with Gasteiger partial charge >= 0.3 is 0 Å². The first kappa shape index (κ1) is 19.2. The molecule has 0 fully saturated rings. The van der Waals surface area contributed by atoms with Crippen molar-refractivity contribution in [2.24, 2.45) is 0 Å². The monoisotopic (exact) mass is 370 g/mol. The smallest absolute Gasteiger partial charge is 0.258 e. The molecule has 0 bridgehead atoms. The van der Waals surface area contributed by atoms with E-state index in [1.54, 1.807) is 31.4 Å². The molecule has 1 aliphatic heterocycles. The molecule has 2 aromatic carbocycles. The Morgan fingerprint density at radius 3 is 2.59 bits per heavy atom.